The summed E-state index contributed by atoms with van der Waals surface area (Å²) >= 11 is 0. The first-order valence-corrected chi connectivity index (χ1v) is 10.4. The number of nitrogens with zero attached hydrogens (tertiary/aromatic N) is 2. The molecule has 160 valence electrons. The first-order valence-electron chi connectivity index (χ1n) is 10.4. The fraction of sp³-hybridized carbons (Fsp3) is 0.333. The highest BCUT2D eigenvalue weighted by molar-refractivity contribution is 5.99. The van der Waals surface area contributed by atoms with E-state index >= 15 is 0 Å². The van der Waals surface area contributed by atoms with Crippen LogP contribution in [-0.2, 0) is 4.79 Å². The lowest BCUT2D eigenvalue weighted by atomic mass is 9.60. The van der Waals surface area contributed by atoms with Gasteiger partial charge in [-0.15, -0.1) is 0 Å². The number of carbonyl (C=O) groups is 1. The van der Waals surface area contributed by atoms with E-state index in [0.717, 1.165) is 39.1 Å². The van der Waals surface area contributed by atoms with Crippen molar-refractivity contribution in [3.8, 4) is 5.69 Å². The minimum Gasteiger partial charge on any atom is -0.481 e. The summed E-state index contributed by atoms with van der Waals surface area (Å²) in [5.74, 6) is -2.41. The highest BCUT2D eigenvalue weighted by Gasteiger charge is 2.48. The minimum absolute atomic E-state index is 0.0768. The highest BCUT2D eigenvalue weighted by Crippen LogP contribution is 2.55. The molecule has 0 aliphatic heterocycles. The highest BCUT2D eigenvalue weighted by atomic mass is 19.2. The third-order valence-electron chi connectivity index (χ3n) is 6.63. The monoisotopic (exact) mass is 423 g/mol. The number of carboxylic acid groups (broad SMARTS) is 1. The SMILES string of the molecule is CC(C)c1c([C@H]2C[C@](C)(C(=O)O)C2)c2cc3[nH]ncc3cc2n1-c1ccc(F)c(F)c1. The molecule has 0 radical (unpaired) electrons. The van der Waals surface area contributed by atoms with Gasteiger partial charge < -0.3 is 9.67 Å². The van der Waals surface area contributed by atoms with E-state index in [-0.39, 0.29) is 11.8 Å². The van der Waals surface area contributed by atoms with Crippen LogP contribution in [0, 0.1) is 17.0 Å². The molecule has 0 unspecified atom stereocenters. The summed E-state index contributed by atoms with van der Waals surface area (Å²) < 4.78 is 29.8. The maximum absolute atomic E-state index is 14.2. The van der Waals surface area contributed by atoms with E-state index in [0.29, 0.717) is 18.5 Å². The van der Waals surface area contributed by atoms with E-state index in [1.54, 1.807) is 19.2 Å². The number of halogens is 2. The van der Waals surface area contributed by atoms with Gasteiger partial charge in [-0.3, -0.25) is 9.89 Å². The van der Waals surface area contributed by atoms with Crippen LogP contribution in [0.2, 0.25) is 0 Å². The number of aromatic amines is 1. The van der Waals surface area contributed by atoms with Gasteiger partial charge in [0.25, 0.3) is 0 Å². The zero-order valence-corrected chi connectivity index (χ0v) is 17.5. The second-order valence-electron chi connectivity index (χ2n) is 9.19. The summed E-state index contributed by atoms with van der Waals surface area (Å²) in [7, 11) is 0. The Morgan fingerprint density at radius 2 is 1.97 bits per heavy atom. The third kappa shape index (κ3) is 2.86. The van der Waals surface area contributed by atoms with Crippen molar-refractivity contribution in [1.29, 1.82) is 0 Å². The molecule has 4 aromatic rings. The number of rotatable bonds is 4. The molecule has 2 aromatic carbocycles. The summed E-state index contributed by atoms with van der Waals surface area (Å²) in [6.07, 6.45) is 2.82. The van der Waals surface area contributed by atoms with Crippen LogP contribution in [0.25, 0.3) is 27.5 Å². The largest absolute Gasteiger partial charge is 0.481 e. The van der Waals surface area contributed by atoms with Gasteiger partial charge in [-0.2, -0.15) is 5.10 Å². The molecule has 2 heterocycles. The molecule has 5 rings (SSSR count). The quantitative estimate of drug-likeness (QED) is 0.431. The van der Waals surface area contributed by atoms with Crippen molar-refractivity contribution >= 4 is 27.8 Å². The predicted octanol–water partition coefficient (Wildman–Crippen LogP) is 5.88. The summed E-state index contributed by atoms with van der Waals surface area (Å²) in [4.78, 5) is 11.7. The molecule has 31 heavy (non-hydrogen) atoms. The summed E-state index contributed by atoms with van der Waals surface area (Å²) in [5, 5.41) is 18.6. The van der Waals surface area contributed by atoms with E-state index in [1.165, 1.54) is 6.07 Å². The molecule has 7 heteroatoms. The van der Waals surface area contributed by atoms with Gasteiger partial charge in [-0.05, 0) is 61.4 Å². The minimum atomic E-state index is -0.901. The summed E-state index contributed by atoms with van der Waals surface area (Å²) in [5.41, 5.74) is 3.65. The number of benzene rings is 2. The lowest BCUT2D eigenvalue weighted by Crippen LogP contribution is -2.40. The molecule has 5 nitrogen and oxygen atoms in total. The number of aliphatic carboxylic acids is 1. The number of fused-ring (bicyclic) bond motifs is 2. The Labute approximate surface area is 177 Å². The summed E-state index contributed by atoms with van der Waals surface area (Å²) in [6.45, 7) is 5.91. The smallest absolute Gasteiger partial charge is 0.309 e. The van der Waals surface area contributed by atoms with E-state index < -0.39 is 23.0 Å². The standard InChI is InChI=1S/C24H23F2N3O2/c1-12(2)22-21(14-9-24(3,10-14)23(30)31)16-8-19-13(11-27-28-19)6-20(16)29(22)15-4-5-17(25)18(26)7-15/h4-8,11-12,14H,9-10H2,1-3H3,(H,27,28)(H,30,31)/t14-,24-. The molecule has 0 bridgehead atoms. The first-order chi connectivity index (χ1) is 14.7. The van der Waals surface area contributed by atoms with Crippen LogP contribution in [0.4, 0.5) is 8.78 Å². The second-order valence-corrected chi connectivity index (χ2v) is 9.19. The Kier molecular flexibility index (Phi) is 4.22. The van der Waals surface area contributed by atoms with Crippen LogP contribution in [0.15, 0.2) is 36.5 Å². The van der Waals surface area contributed by atoms with Gasteiger partial charge in [0.05, 0.1) is 22.6 Å². The first kappa shape index (κ1) is 19.7. The number of hydrogen-bond donors (Lipinski definition) is 2. The lowest BCUT2D eigenvalue weighted by molar-refractivity contribution is -0.154. The molecule has 2 N–H and O–H groups in total. The number of H-pyrrole nitrogens is 1. The van der Waals surface area contributed by atoms with Crippen molar-refractivity contribution in [2.75, 3.05) is 0 Å². The maximum atomic E-state index is 14.2. The van der Waals surface area contributed by atoms with Crippen molar-refractivity contribution in [1.82, 2.24) is 14.8 Å². The molecule has 0 atom stereocenters. The molecule has 0 amide bonds. The van der Waals surface area contributed by atoms with Gasteiger partial charge >= 0.3 is 5.97 Å². The van der Waals surface area contributed by atoms with Gasteiger partial charge in [0.15, 0.2) is 11.6 Å². The molecule has 2 aromatic heterocycles. The zero-order valence-electron chi connectivity index (χ0n) is 17.5. The van der Waals surface area contributed by atoms with Gasteiger partial charge in [-0.1, -0.05) is 13.8 Å². The molecule has 1 aliphatic carbocycles. The van der Waals surface area contributed by atoms with Crippen LogP contribution in [0.5, 0.6) is 0 Å². The zero-order chi connectivity index (χ0) is 22.1. The average Bonchev–Trinajstić information content (AvgIpc) is 3.27. The topological polar surface area (TPSA) is 70.9 Å². The van der Waals surface area contributed by atoms with E-state index in [1.807, 2.05) is 16.7 Å². The number of hydrogen-bond acceptors (Lipinski definition) is 2. The van der Waals surface area contributed by atoms with Crippen LogP contribution in [0.3, 0.4) is 0 Å². The fourth-order valence-corrected chi connectivity index (χ4v) is 5.08. The van der Waals surface area contributed by atoms with Gasteiger partial charge in [0.1, 0.15) is 0 Å². The lowest BCUT2D eigenvalue weighted by Gasteiger charge is -2.42. The van der Waals surface area contributed by atoms with E-state index in [4.69, 9.17) is 0 Å². The number of aromatic nitrogens is 3. The Balaban J connectivity index is 1.82. The molecule has 1 fully saturated rings. The van der Waals surface area contributed by atoms with Gasteiger partial charge in [0.2, 0.25) is 0 Å². The van der Waals surface area contributed by atoms with E-state index in [9.17, 15) is 18.7 Å². The maximum Gasteiger partial charge on any atom is 0.309 e. The number of nitrogens with one attached hydrogen (secondary N) is 1. The predicted molar refractivity (Wildman–Crippen MR) is 115 cm³/mol. The van der Waals surface area contributed by atoms with Crippen molar-refractivity contribution in [2.45, 2.75) is 45.4 Å². The Bertz CT molecular complexity index is 1350. The number of carboxylic acids is 1. The van der Waals surface area contributed by atoms with Gasteiger partial charge in [-0.25, -0.2) is 8.78 Å². The second kappa shape index (κ2) is 6.64. The Morgan fingerprint density at radius 3 is 2.61 bits per heavy atom. The van der Waals surface area contributed by atoms with E-state index in [2.05, 4.69) is 24.0 Å². The van der Waals surface area contributed by atoms with Crippen LogP contribution in [-0.4, -0.2) is 25.8 Å². The molecule has 1 saturated carbocycles. The molecule has 1 aliphatic rings. The van der Waals surface area contributed by atoms with Crippen molar-refractivity contribution < 1.29 is 18.7 Å². The van der Waals surface area contributed by atoms with Gasteiger partial charge in [0, 0.05) is 28.2 Å². The Hall–Kier alpha value is -3.22. The van der Waals surface area contributed by atoms with Crippen LogP contribution < -0.4 is 0 Å². The summed E-state index contributed by atoms with van der Waals surface area (Å²) in [6, 6.07) is 7.97. The molecular weight excluding hydrogens is 400 g/mol. The molecular formula is C24H23F2N3O2. The molecule has 0 spiro atoms. The third-order valence-corrected chi connectivity index (χ3v) is 6.63. The fourth-order valence-electron chi connectivity index (χ4n) is 5.08. The van der Waals surface area contributed by atoms with Crippen molar-refractivity contribution in [3.05, 3.63) is 59.4 Å². The van der Waals surface area contributed by atoms with Crippen molar-refractivity contribution in [2.24, 2.45) is 5.41 Å². The normalized spacial score (nSPS) is 21.2. The van der Waals surface area contributed by atoms with Crippen LogP contribution >= 0.6 is 0 Å². The van der Waals surface area contributed by atoms with Crippen LogP contribution in [0.1, 0.15) is 56.7 Å². The average molecular weight is 423 g/mol. The van der Waals surface area contributed by atoms with Crippen molar-refractivity contribution in [3.63, 3.8) is 0 Å². The molecule has 0 saturated heterocycles. The Morgan fingerprint density at radius 1 is 1.23 bits per heavy atom.